The maximum Gasteiger partial charge on any atom is 0.307 e. The fourth-order valence-electron chi connectivity index (χ4n) is 6.62. The highest BCUT2D eigenvalue weighted by atomic mass is 32.1. The van der Waals surface area contributed by atoms with E-state index >= 15 is 0 Å². The van der Waals surface area contributed by atoms with Crippen molar-refractivity contribution in [1.82, 2.24) is 14.8 Å². The van der Waals surface area contributed by atoms with Gasteiger partial charge in [0.15, 0.2) is 5.13 Å². The van der Waals surface area contributed by atoms with E-state index in [0.717, 1.165) is 96.5 Å². The van der Waals surface area contributed by atoms with Crippen molar-refractivity contribution < 1.29 is 19.4 Å². The molecule has 9 heteroatoms. The van der Waals surface area contributed by atoms with E-state index in [9.17, 15) is 14.7 Å². The zero-order valence-electron chi connectivity index (χ0n) is 24.0. The lowest BCUT2D eigenvalue weighted by atomic mass is 9.85. The standard InChI is InChI=1S/C32H38N4O4S/c1-20-4-9-28(40-18-25-8-5-22(15-21(25)2)30(37)35-12-10-34(3)11-13-35)26(14-20)27-19-41-32(33-27)36-16-23-6-7-24(17-36)29(23)31(38)39/h4-5,8-9,14-15,19,23-24,29H,6-7,10-13,16-18H2,1-3H3,(H,38,39)/t23-,24?,29+/m1/s1. The number of ether oxygens (including phenoxy) is 1. The fraction of sp³-hybridized carbons (Fsp3) is 0.469. The number of thiazole rings is 1. The third kappa shape index (κ3) is 5.70. The number of carbonyl (C=O) groups excluding carboxylic acids is 1. The molecule has 1 amide bonds. The molecule has 1 aromatic heterocycles. The minimum absolute atomic E-state index is 0.0917. The number of carboxylic acid groups (broad SMARTS) is 1. The van der Waals surface area contributed by atoms with Crippen LogP contribution in [0.25, 0.3) is 11.3 Å². The van der Waals surface area contributed by atoms with Crippen LogP contribution in [0, 0.1) is 31.6 Å². The highest BCUT2D eigenvalue weighted by Crippen LogP contribution is 2.44. The Labute approximate surface area is 245 Å². The van der Waals surface area contributed by atoms with E-state index in [2.05, 4.69) is 35.2 Å². The minimum Gasteiger partial charge on any atom is -0.488 e. The molecule has 2 bridgehead atoms. The van der Waals surface area contributed by atoms with Gasteiger partial charge in [-0.25, -0.2) is 4.98 Å². The number of piperazine rings is 1. The summed E-state index contributed by atoms with van der Waals surface area (Å²) in [5.41, 5.74) is 5.76. The Morgan fingerprint density at radius 1 is 1.02 bits per heavy atom. The number of carboxylic acids is 1. The Hall–Kier alpha value is -3.43. The first-order valence-electron chi connectivity index (χ1n) is 14.5. The Morgan fingerprint density at radius 3 is 2.44 bits per heavy atom. The molecule has 2 aliphatic heterocycles. The smallest absolute Gasteiger partial charge is 0.307 e. The van der Waals surface area contributed by atoms with Crippen molar-refractivity contribution in [3.63, 3.8) is 0 Å². The van der Waals surface area contributed by atoms with E-state index < -0.39 is 5.97 Å². The van der Waals surface area contributed by atoms with E-state index in [1.807, 2.05) is 42.2 Å². The SMILES string of the molecule is Cc1ccc(OCc2ccc(C(=O)N3CCN(C)CC3)cc2C)c(-c2csc(N3CC4CC[C@H](C3)[C@@H]4C(=O)O)n2)c1. The average molecular weight is 575 g/mol. The van der Waals surface area contributed by atoms with Crippen LogP contribution in [-0.2, 0) is 11.4 Å². The van der Waals surface area contributed by atoms with Crippen LogP contribution in [0.4, 0.5) is 5.13 Å². The molecule has 2 aromatic carbocycles. The molecule has 1 N–H and O–H groups in total. The van der Waals surface area contributed by atoms with Crippen molar-refractivity contribution in [2.75, 3.05) is 51.2 Å². The van der Waals surface area contributed by atoms with Gasteiger partial charge in [0.2, 0.25) is 0 Å². The number of fused-ring (bicyclic) bond motifs is 2. The van der Waals surface area contributed by atoms with Crippen LogP contribution in [0.5, 0.6) is 5.75 Å². The Kier molecular flexibility index (Phi) is 7.74. The van der Waals surface area contributed by atoms with Crippen molar-refractivity contribution in [3.05, 3.63) is 64.0 Å². The number of likely N-dealkylation sites (N-methyl/N-ethyl adjacent to an activating group) is 1. The molecule has 2 saturated heterocycles. The molecule has 6 rings (SSSR count). The number of rotatable bonds is 7. The van der Waals surface area contributed by atoms with Gasteiger partial charge < -0.3 is 24.5 Å². The number of benzene rings is 2. The number of aromatic nitrogens is 1. The summed E-state index contributed by atoms with van der Waals surface area (Å²) in [4.78, 5) is 36.2. The number of hydrogen-bond donors (Lipinski definition) is 1. The normalized spacial score (nSPS) is 22.7. The first kappa shape index (κ1) is 27.7. The lowest BCUT2D eigenvalue weighted by molar-refractivity contribution is -0.144. The second-order valence-electron chi connectivity index (χ2n) is 11.9. The number of piperidine rings is 1. The van der Waals surface area contributed by atoms with Crippen LogP contribution in [-0.4, -0.2) is 78.1 Å². The molecular weight excluding hydrogens is 536 g/mol. The molecular formula is C32H38N4O4S. The van der Waals surface area contributed by atoms with Crippen molar-refractivity contribution in [1.29, 1.82) is 0 Å². The van der Waals surface area contributed by atoms with Crippen molar-refractivity contribution in [2.45, 2.75) is 33.3 Å². The van der Waals surface area contributed by atoms with E-state index in [0.29, 0.717) is 6.61 Å². The molecule has 0 spiro atoms. The Balaban J connectivity index is 1.15. The summed E-state index contributed by atoms with van der Waals surface area (Å²) in [5, 5.41) is 12.7. The summed E-state index contributed by atoms with van der Waals surface area (Å²) in [6.45, 7) is 9.33. The zero-order chi connectivity index (χ0) is 28.7. The van der Waals surface area contributed by atoms with Gasteiger partial charge in [0.05, 0.1) is 11.6 Å². The fourth-order valence-corrected chi connectivity index (χ4v) is 7.47. The van der Waals surface area contributed by atoms with Crippen LogP contribution in [0.1, 0.15) is 39.9 Å². The van der Waals surface area contributed by atoms with Gasteiger partial charge >= 0.3 is 5.97 Å². The van der Waals surface area contributed by atoms with Gasteiger partial charge in [0, 0.05) is 55.8 Å². The van der Waals surface area contributed by atoms with E-state index in [4.69, 9.17) is 9.72 Å². The maximum atomic E-state index is 13.0. The molecule has 3 aromatic rings. The predicted molar refractivity (Wildman–Crippen MR) is 161 cm³/mol. The number of hydrogen-bond acceptors (Lipinski definition) is 7. The monoisotopic (exact) mass is 574 g/mol. The van der Waals surface area contributed by atoms with Crippen LogP contribution in [0.3, 0.4) is 0 Å². The number of aliphatic carboxylic acids is 1. The predicted octanol–water partition coefficient (Wildman–Crippen LogP) is 4.94. The number of carbonyl (C=O) groups is 2. The third-order valence-electron chi connectivity index (χ3n) is 9.06. The lowest BCUT2D eigenvalue weighted by Gasteiger charge is -2.35. The molecule has 3 heterocycles. The molecule has 1 unspecified atom stereocenters. The van der Waals surface area contributed by atoms with Crippen LogP contribution < -0.4 is 9.64 Å². The molecule has 0 radical (unpaired) electrons. The van der Waals surface area contributed by atoms with Crippen LogP contribution in [0.2, 0.25) is 0 Å². The summed E-state index contributed by atoms with van der Waals surface area (Å²) >= 11 is 1.61. The zero-order valence-corrected chi connectivity index (χ0v) is 24.8. The molecule has 1 saturated carbocycles. The molecule has 41 heavy (non-hydrogen) atoms. The summed E-state index contributed by atoms with van der Waals surface area (Å²) in [5.74, 6) is 0.393. The first-order valence-corrected chi connectivity index (χ1v) is 15.4. The summed E-state index contributed by atoms with van der Waals surface area (Å²) < 4.78 is 6.37. The van der Waals surface area contributed by atoms with Gasteiger partial charge in [-0.05, 0) is 81.0 Å². The minimum atomic E-state index is -0.648. The highest BCUT2D eigenvalue weighted by Gasteiger charge is 2.46. The second kappa shape index (κ2) is 11.4. The van der Waals surface area contributed by atoms with Crippen molar-refractivity contribution in [2.24, 2.45) is 17.8 Å². The summed E-state index contributed by atoms with van der Waals surface area (Å²) in [7, 11) is 2.09. The van der Waals surface area contributed by atoms with Gasteiger partial charge in [-0.15, -0.1) is 11.3 Å². The summed E-state index contributed by atoms with van der Waals surface area (Å²) in [6.07, 6.45) is 1.97. The number of aryl methyl sites for hydroxylation is 2. The first-order chi connectivity index (χ1) is 19.8. The molecule has 3 atom stereocenters. The average Bonchev–Trinajstić information content (AvgIpc) is 3.55. The second-order valence-corrected chi connectivity index (χ2v) is 12.7. The molecule has 3 fully saturated rings. The van der Waals surface area contributed by atoms with E-state index in [1.165, 1.54) is 0 Å². The summed E-state index contributed by atoms with van der Waals surface area (Å²) in [6, 6.07) is 12.0. The maximum absolute atomic E-state index is 13.0. The number of amides is 1. The third-order valence-corrected chi connectivity index (χ3v) is 9.96. The highest BCUT2D eigenvalue weighted by molar-refractivity contribution is 7.14. The van der Waals surface area contributed by atoms with E-state index in [-0.39, 0.29) is 23.7 Å². The quantitative estimate of drug-likeness (QED) is 0.428. The number of nitrogens with zero attached hydrogens (tertiary/aromatic N) is 4. The van der Waals surface area contributed by atoms with Crippen LogP contribution in [0.15, 0.2) is 41.8 Å². The van der Waals surface area contributed by atoms with E-state index in [1.54, 1.807) is 11.3 Å². The number of anilines is 1. The Morgan fingerprint density at radius 2 is 1.76 bits per heavy atom. The van der Waals surface area contributed by atoms with Gasteiger partial charge in [0.1, 0.15) is 12.4 Å². The molecule has 3 aliphatic rings. The Bertz CT molecular complexity index is 1430. The van der Waals surface area contributed by atoms with Gasteiger partial charge in [-0.3, -0.25) is 9.59 Å². The molecule has 1 aliphatic carbocycles. The topological polar surface area (TPSA) is 86.2 Å². The molecule has 8 nitrogen and oxygen atoms in total. The van der Waals surface area contributed by atoms with Crippen molar-refractivity contribution >= 4 is 28.3 Å². The molecule has 216 valence electrons. The van der Waals surface area contributed by atoms with Gasteiger partial charge in [-0.1, -0.05) is 17.7 Å². The van der Waals surface area contributed by atoms with Gasteiger partial charge in [0.25, 0.3) is 5.91 Å². The largest absolute Gasteiger partial charge is 0.488 e. The van der Waals surface area contributed by atoms with Crippen molar-refractivity contribution in [3.8, 4) is 17.0 Å². The lowest BCUT2D eigenvalue weighted by Crippen LogP contribution is -2.47. The van der Waals surface area contributed by atoms with Gasteiger partial charge in [-0.2, -0.15) is 0 Å². The van der Waals surface area contributed by atoms with Crippen LogP contribution >= 0.6 is 11.3 Å².